The number of amides is 3. The fraction of sp³-hybridized carbons (Fsp3) is 0.240. The average Bonchev–Trinajstić information content (AvgIpc) is 3.53. The van der Waals surface area contributed by atoms with E-state index in [2.05, 4.69) is 5.32 Å². The molecule has 1 saturated heterocycles. The molecule has 3 amide bonds. The van der Waals surface area contributed by atoms with Crippen LogP contribution in [0.15, 0.2) is 66.0 Å². The molecular weight excluding hydrogens is 436 g/mol. The minimum absolute atomic E-state index is 0.255. The van der Waals surface area contributed by atoms with Crippen LogP contribution in [0.25, 0.3) is 0 Å². The van der Waals surface area contributed by atoms with Gasteiger partial charge >= 0.3 is 0 Å². The second kappa shape index (κ2) is 9.97. The van der Waals surface area contributed by atoms with Crippen molar-refractivity contribution in [2.75, 3.05) is 13.1 Å². The number of rotatable bonds is 6. The van der Waals surface area contributed by atoms with Crippen LogP contribution in [0.1, 0.15) is 36.7 Å². The molecule has 33 heavy (non-hydrogen) atoms. The molecule has 7 nitrogen and oxygen atoms in total. The van der Waals surface area contributed by atoms with Crippen LogP contribution in [-0.2, 0) is 17.9 Å². The van der Waals surface area contributed by atoms with Crippen molar-refractivity contribution in [1.29, 1.82) is 0 Å². The van der Waals surface area contributed by atoms with Crippen LogP contribution in [0.3, 0.4) is 0 Å². The van der Waals surface area contributed by atoms with Gasteiger partial charge in [0.2, 0.25) is 0 Å². The number of hydrogen-bond donors (Lipinski definition) is 2. The molecular formula is C25H26N4O3S. The Bertz CT molecular complexity index is 1140. The minimum Gasteiger partial charge on any atom is -0.349 e. The van der Waals surface area contributed by atoms with Gasteiger partial charge in [0.15, 0.2) is 6.17 Å². The van der Waals surface area contributed by atoms with Crippen molar-refractivity contribution in [2.24, 2.45) is 5.73 Å². The summed E-state index contributed by atoms with van der Waals surface area (Å²) in [5, 5.41) is 4.72. The van der Waals surface area contributed by atoms with Gasteiger partial charge in [-0.2, -0.15) is 0 Å². The Balaban J connectivity index is 1.58. The SMILES string of the molecule is Cc1ccc(C(=O)N2CCN(C(=O)c3cccs3)C2C(=O)NCc2cccc(CN)c2)cc1. The van der Waals surface area contributed by atoms with Crippen LogP contribution < -0.4 is 11.1 Å². The number of nitrogens with two attached hydrogens (primary N) is 1. The topological polar surface area (TPSA) is 95.7 Å². The molecule has 0 bridgehead atoms. The lowest BCUT2D eigenvalue weighted by atomic mass is 10.1. The maximum absolute atomic E-state index is 13.3. The number of nitrogens with one attached hydrogen (secondary N) is 1. The zero-order chi connectivity index (χ0) is 23.4. The summed E-state index contributed by atoms with van der Waals surface area (Å²) >= 11 is 1.32. The van der Waals surface area contributed by atoms with Gasteiger partial charge in [-0.25, -0.2) is 0 Å². The zero-order valence-electron chi connectivity index (χ0n) is 18.4. The lowest BCUT2D eigenvalue weighted by Gasteiger charge is -2.29. The van der Waals surface area contributed by atoms with Gasteiger partial charge in [-0.05, 0) is 41.6 Å². The number of carbonyl (C=O) groups is 3. The molecule has 1 atom stereocenters. The second-order valence-electron chi connectivity index (χ2n) is 7.96. The third-order valence-electron chi connectivity index (χ3n) is 5.65. The Kier molecular flexibility index (Phi) is 6.86. The molecule has 0 spiro atoms. The molecule has 3 N–H and O–H groups in total. The van der Waals surface area contributed by atoms with Gasteiger partial charge in [0.05, 0.1) is 4.88 Å². The second-order valence-corrected chi connectivity index (χ2v) is 8.90. The number of thiophene rings is 1. The normalized spacial score (nSPS) is 15.5. The summed E-state index contributed by atoms with van der Waals surface area (Å²) in [7, 11) is 0. The molecule has 4 rings (SSSR count). The lowest BCUT2D eigenvalue weighted by molar-refractivity contribution is -0.128. The summed E-state index contributed by atoms with van der Waals surface area (Å²) in [5.74, 6) is -0.924. The van der Waals surface area contributed by atoms with Crippen molar-refractivity contribution in [2.45, 2.75) is 26.2 Å². The molecule has 170 valence electrons. The van der Waals surface area contributed by atoms with E-state index in [4.69, 9.17) is 5.73 Å². The first-order chi connectivity index (χ1) is 16.0. The molecule has 0 radical (unpaired) electrons. The van der Waals surface area contributed by atoms with Crippen molar-refractivity contribution < 1.29 is 14.4 Å². The maximum Gasteiger partial charge on any atom is 0.266 e. The van der Waals surface area contributed by atoms with E-state index >= 15 is 0 Å². The van der Waals surface area contributed by atoms with E-state index in [1.54, 1.807) is 24.3 Å². The predicted octanol–water partition coefficient (Wildman–Crippen LogP) is 2.76. The molecule has 1 unspecified atom stereocenters. The molecule has 2 aromatic carbocycles. The van der Waals surface area contributed by atoms with Crippen LogP contribution in [0.4, 0.5) is 0 Å². The number of nitrogens with zero attached hydrogens (tertiary/aromatic N) is 2. The first-order valence-electron chi connectivity index (χ1n) is 10.8. The average molecular weight is 463 g/mol. The van der Waals surface area contributed by atoms with Crippen molar-refractivity contribution in [3.05, 3.63) is 93.2 Å². The summed E-state index contributed by atoms with van der Waals surface area (Å²) in [4.78, 5) is 43.2. The third-order valence-corrected chi connectivity index (χ3v) is 6.51. The number of aryl methyl sites for hydroxylation is 1. The van der Waals surface area contributed by atoms with E-state index in [1.807, 2.05) is 48.7 Å². The van der Waals surface area contributed by atoms with Crippen LogP contribution in [0.5, 0.6) is 0 Å². The predicted molar refractivity (Wildman–Crippen MR) is 128 cm³/mol. The van der Waals surface area contributed by atoms with E-state index in [0.717, 1.165) is 16.7 Å². The van der Waals surface area contributed by atoms with Crippen molar-refractivity contribution in [3.63, 3.8) is 0 Å². The van der Waals surface area contributed by atoms with E-state index in [-0.39, 0.29) is 31.4 Å². The van der Waals surface area contributed by atoms with E-state index in [1.165, 1.54) is 21.1 Å². The Hall–Kier alpha value is -3.49. The fourth-order valence-electron chi connectivity index (χ4n) is 3.89. The molecule has 1 fully saturated rings. The summed E-state index contributed by atoms with van der Waals surface area (Å²) in [6.45, 7) is 3.20. The van der Waals surface area contributed by atoms with E-state index in [0.29, 0.717) is 17.0 Å². The number of hydrogen-bond acceptors (Lipinski definition) is 5. The Morgan fingerprint density at radius 2 is 1.67 bits per heavy atom. The quantitative estimate of drug-likeness (QED) is 0.589. The summed E-state index contributed by atoms with van der Waals surface area (Å²) in [6, 6.07) is 18.4. The lowest BCUT2D eigenvalue weighted by Crippen LogP contribution is -2.53. The van der Waals surface area contributed by atoms with Gasteiger partial charge in [-0.1, -0.05) is 48.0 Å². The first-order valence-corrected chi connectivity index (χ1v) is 11.6. The highest BCUT2D eigenvalue weighted by Gasteiger charge is 2.43. The molecule has 3 aromatic rings. The van der Waals surface area contributed by atoms with Crippen molar-refractivity contribution >= 4 is 29.1 Å². The molecule has 8 heteroatoms. The Labute approximate surface area is 196 Å². The van der Waals surface area contributed by atoms with Crippen LogP contribution in [0, 0.1) is 6.92 Å². The van der Waals surface area contributed by atoms with E-state index < -0.39 is 12.1 Å². The molecule has 2 heterocycles. The van der Waals surface area contributed by atoms with Gasteiger partial charge in [-0.15, -0.1) is 11.3 Å². The maximum atomic E-state index is 13.3. The van der Waals surface area contributed by atoms with Gasteiger partial charge < -0.3 is 20.9 Å². The number of benzene rings is 2. The monoisotopic (exact) mass is 462 g/mol. The largest absolute Gasteiger partial charge is 0.349 e. The van der Waals surface area contributed by atoms with E-state index in [9.17, 15) is 14.4 Å². The van der Waals surface area contributed by atoms with Crippen LogP contribution >= 0.6 is 11.3 Å². The highest BCUT2D eigenvalue weighted by molar-refractivity contribution is 7.12. The molecule has 1 aliphatic heterocycles. The molecule has 1 aromatic heterocycles. The first kappa shape index (κ1) is 22.7. The van der Waals surface area contributed by atoms with Gasteiger partial charge in [0.1, 0.15) is 0 Å². The summed E-state index contributed by atoms with van der Waals surface area (Å²) in [5.41, 5.74) is 9.10. The van der Waals surface area contributed by atoms with Crippen molar-refractivity contribution in [1.82, 2.24) is 15.1 Å². The van der Waals surface area contributed by atoms with Gasteiger partial charge in [0.25, 0.3) is 17.7 Å². The number of carbonyl (C=O) groups excluding carboxylic acids is 3. The minimum atomic E-state index is -1.02. The van der Waals surface area contributed by atoms with Crippen LogP contribution in [0.2, 0.25) is 0 Å². The third kappa shape index (κ3) is 4.97. The Morgan fingerprint density at radius 3 is 2.33 bits per heavy atom. The smallest absolute Gasteiger partial charge is 0.266 e. The van der Waals surface area contributed by atoms with Gasteiger partial charge in [0, 0.05) is 31.7 Å². The summed E-state index contributed by atoms with van der Waals surface area (Å²) in [6.07, 6.45) is -1.02. The van der Waals surface area contributed by atoms with Gasteiger partial charge in [-0.3, -0.25) is 14.4 Å². The molecule has 0 aliphatic carbocycles. The Morgan fingerprint density at radius 1 is 0.970 bits per heavy atom. The van der Waals surface area contributed by atoms with Crippen LogP contribution in [-0.4, -0.2) is 46.8 Å². The summed E-state index contributed by atoms with van der Waals surface area (Å²) < 4.78 is 0. The highest BCUT2D eigenvalue weighted by Crippen LogP contribution is 2.23. The van der Waals surface area contributed by atoms with Crippen molar-refractivity contribution in [3.8, 4) is 0 Å². The molecule has 1 aliphatic rings. The fourth-order valence-corrected chi connectivity index (χ4v) is 4.57. The zero-order valence-corrected chi connectivity index (χ0v) is 19.2. The highest BCUT2D eigenvalue weighted by atomic mass is 32.1. The standard InChI is InChI=1S/C25H26N4O3S/c1-17-7-9-20(10-8-17)24(31)28-11-12-29(25(32)21-6-3-13-33-21)23(28)22(30)27-16-19-5-2-4-18(14-19)15-26/h2-10,13-14,23H,11-12,15-16,26H2,1H3,(H,27,30). The molecule has 0 saturated carbocycles.